The molecule has 0 aromatic rings. The average molecular weight is 1190 g/mol. The molecule has 0 aromatic carbocycles. The molecule has 0 saturated carbocycles. The summed E-state index contributed by atoms with van der Waals surface area (Å²) in [6.45, 7) is 7.18. The second-order valence-electron chi connectivity index (χ2n) is 17.0. The highest BCUT2D eigenvalue weighted by atomic mass is 28.4. The number of nitrogens with zero attached hydrogens (tertiary/aromatic N) is 2. The zero-order valence-electron chi connectivity index (χ0n) is 46.0. The largest absolute Gasteiger partial charge is 0.495 e. The molecule has 11 N–H and O–H groups in total. The molecule has 2 rings (SSSR count). The van der Waals surface area contributed by atoms with Crippen molar-refractivity contribution in [2.45, 2.75) is 69.5 Å². The number of amides is 8. The first-order valence-electron chi connectivity index (χ1n) is 25.8. The number of hydrogen-bond acceptors (Lipinski definition) is 24. The first-order chi connectivity index (χ1) is 37.6. The molecule has 2 aliphatic heterocycles. The molecule has 0 unspecified atom stereocenters. The van der Waals surface area contributed by atoms with Crippen LogP contribution in [0.5, 0.6) is 0 Å². The van der Waals surface area contributed by atoms with Crippen molar-refractivity contribution >= 4 is 73.7 Å². The maximum absolute atomic E-state index is 11.7. The van der Waals surface area contributed by atoms with Gasteiger partial charge in [0.05, 0.1) is 72.7 Å². The minimum Gasteiger partial charge on any atom is -0.390 e. The average Bonchev–Trinajstić information content (AvgIpc) is 3.92. The Hall–Kier alpha value is -4.35. The van der Waals surface area contributed by atoms with Gasteiger partial charge in [0.25, 0.3) is 23.6 Å². The van der Waals surface area contributed by atoms with Crippen LogP contribution in [0.25, 0.3) is 0 Å². The lowest BCUT2D eigenvalue weighted by Gasteiger charge is -2.14. The van der Waals surface area contributed by atoms with Gasteiger partial charge in [0, 0.05) is 142 Å². The van der Waals surface area contributed by atoms with E-state index >= 15 is 0 Å². The molecule has 30 nitrogen and oxygen atoms in total. The summed E-state index contributed by atoms with van der Waals surface area (Å²) in [6.07, 6.45) is 7.63. The third kappa shape index (κ3) is 43.1. The van der Waals surface area contributed by atoms with Crippen molar-refractivity contribution in [2.75, 3.05) is 153 Å². The molecule has 2 aliphatic rings. The van der Waals surface area contributed by atoms with Crippen molar-refractivity contribution in [2.24, 2.45) is 0 Å². The minimum absolute atomic E-state index is 0.0273. The Morgan fingerprint density at radius 1 is 0.392 bits per heavy atom. The fraction of sp³-hybridized carbons (Fsp3) is 0.739. The van der Waals surface area contributed by atoms with Crippen LogP contribution in [0, 0.1) is 0 Å². The Morgan fingerprint density at radius 3 is 1.08 bits per heavy atom. The Bertz CT molecular complexity index is 1790. The van der Waals surface area contributed by atoms with Gasteiger partial charge in [-0.3, -0.25) is 48.2 Å². The monoisotopic (exact) mass is 1190 g/mol. The van der Waals surface area contributed by atoms with E-state index in [9.17, 15) is 67.1 Å². The smallest absolute Gasteiger partial charge is 0.390 e. The Labute approximate surface area is 464 Å². The lowest BCUT2D eigenvalue weighted by molar-refractivity contribution is -0.138. The summed E-state index contributed by atoms with van der Waals surface area (Å²) in [5, 5.41) is 13.8. The van der Waals surface area contributed by atoms with Gasteiger partial charge in [-0.15, -0.1) is 0 Å². The molecule has 8 amide bonds. The Kier molecular flexibility index (Phi) is 43.7. The summed E-state index contributed by atoms with van der Waals surface area (Å²) in [4.78, 5) is 150. The van der Waals surface area contributed by atoms with E-state index in [1.54, 1.807) is 7.11 Å². The molecule has 33 heteroatoms. The van der Waals surface area contributed by atoms with Crippen molar-refractivity contribution < 1.29 is 109 Å². The topological polar surface area (TPSA) is 408 Å². The molecule has 456 valence electrons. The maximum atomic E-state index is 11.7. The summed E-state index contributed by atoms with van der Waals surface area (Å²) in [5.41, 5.74) is 0. The molecule has 0 fully saturated rings. The summed E-state index contributed by atoms with van der Waals surface area (Å²) < 4.78 is 45.0. The van der Waals surface area contributed by atoms with E-state index < -0.39 is 38.2 Å². The van der Waals surface area contributed by atoms with Gasteiger partial charge in [-0.1, -0.05) is 0 Å². The molecule has 0 spiro atoms. The lowest BCUT2D eigenvalue weighted by atomic mass is 10.3. The fourth-order valence-electron chi connectivity index (χ4n) is 6.09. The van der Waals surface area contributed by atoms with E-state index in [-0.39, 0.29) is 112 Å². The standard InChI is InChI=1S/C18H31N3O9Si.C18H33N3O8Si.C10H23NO6Si/c1-28-31(26,27)14-2-7-19-16(23)6-10-29-12-13-30-11-8-20-15(22)5-9-21-17(24)3-4-18(21)25;1-27-30(25,26)15-3-8-20-16(22)6-11-28-13-14-29-12-9-19-7-2-10-21-17(23)4-5-18(21)24;1-15-7-8-17-6-4-10(12)11-5-3-9-18(13,14)16-2/h3-4,26-27H,2,5-14H2,1H3,(H,19,23)(H,20,22);4-5,19,25-26H,2-3,6-15H2,1H3,(H,20,22);13-14H,3-9H2,1-2H3,(H,11,12). The first kappa shape index (κ1) is 74.7. The minimum atomic E-state index is -3.56. The van der Waals surface area contributed by atoms with Crippen LogP contribution in [0.15, 0.2) is 24.3 Å². The van der Waals surface area contributed by atoms with Crippen LogP contribution in [0.2, 0.25) is 18.1 Å². The van der Waals surface area contributed by atoms with E-state index in [1.165, 1.54) is 50.5 Å². The van der Waals surface area contributed by atoms with Gasteiger partial charge in [0.1, 0.15) is 0 Å². The number of imide groups is 2. The number of ether oxygens (including phenoxy) is 6. The molecular weight excluding hydrogens is 1100 g/mol. The van der Waals surface area contributed by atoms with Gasteiger partial charge in [-0.25, -0.2) is 0 Å². The van der Waals surface area contributed by atoms with E-state index in [1.807, 2.05) is 0 Å². The molecule has 0 aliphatic carbocycles. The second kappa shape index (κ2) is 46.3. The highest BCUT2D eigenvalue weighted by Gasteiger charge is 2.31. The van der Waals surface area contributed by atoms with E-state index in [0.717, 1.165) is 4.90 Å². The molecular formula is C46H87N7O23Si3. The summed E-state index contributed by atoms with van der Waals surface area (Å²) >= 11 is 0. The molecule has 0 aromatic heterocycles. The third-order valence-corrected chi connectivity index (χ3v) is 15.6. The van der Waals surface area contributed by atoms with Gasteiger partial charge < -0.3 is 97.1 Å². The molecule has 0 bridgehead atoms. The van der Waals surface area contributed by atoms with Crippen LogP contribution >= 0.6 is 0 Å². The van der Waals surface area contributed by atoms with Gasteiger partial charge in [-0.2, -0.15) is 0 Å². The predicted molar refractivity (Wildman–Crippen MR) is 286 cm³/mol. The number of rotatable bonds is 46. The third-order valence-electron chi connectivity index (χ3n) is 10.7. The summed E-state index contributed by atoms with van der Waals surface area (Å²) in [7, 11) is -5.24. The second-order valence-corrected chi connectivity index (χ2v) is 24.2. The van der Waals surface area contributed by atoms with E-state index in [0.29, 0.717) is 118 Å². The normalized spacial score (nSPS) is 13.3. The van der Waals surface area contributed by atoms with Crippen molar-refractivity contribution in [3.8, 4) is 0 Å². The quantitative estimate of drug-likeness (QED) is 0.0155. The fourth-order valence-corrected chi connectivity index (χ4v) is 8.62. The van der Waals surface area contributed by atoms with Crippen molar-refractivity contribution in [1.29, 1.82) is 0 Å². The van der Waals surface area contributed by atoms with Gasteiger partial charge >= 0.3 is 26.4 Å². The lowest BCUT2D eigenvalue weighted by Crippen LogP contribution is -2.38. The molecule has 0 saturated heterocycles. The molecule has 0 radical (unpaired) electrons. The number of methoxy groups -OCH3 is 1. The molecule has 79 heavy (non-hydrogen) atoms. The van der Waals surface area contributed by atoms with Crippen LogP contribution in [0.1, 0.15) is 51.4 Å². The predicted octanol–water partition coefficient (Wildman–Crippen LogP) is -4.58. The Morgan fingerprint density at radius 2 is 0.709 bits per heavy atom. The number of nitrogens with one attached hydrogen (secondary N) is 5. The molecule has 2 heterocycles. The highest BCUT2D eigenvalue weighted by molar-refractivity contribution is 6.58. The van der Waals surface area contributed by atoms with Crippen LogP contribution in [-0.4, -0.2) is 266 Å². The summed E-state index contributed by atoms with van der Waals surface area (Å²) in [6, 6.07) is 0.434. The van der Waals surface area contributed by atoms with Crippen LogP contribution in [0.4, 0.5) is 0 Å². The van der Waals surface area contributed by atoms with Gasteiger partial charge in [-0.05, 0) is 32.2 Å². The zero-order valence-corrected chi connectivity index (χ0v) is 49.0. The van der Waals surface area contributed by atoms with Crippen LogP contribution in [-0.2, 0) is 80.1 Å². The SMILES string of the molecule is COCCOCCC(=O)NCCC[Si](O)(O)OC.CO[Si](O)(O)CCCNC(=O)CCOCCOCCNC(=O)CCN1C(=O)C=CC1=O.CO[Si](O)(O)CCCNC(=O)CCOCCOCCNCCCN1C(=O)C=CC1=O. The van der Waals surface area contributed by atoms with Gasteiger partial charge in [0.15, 0.2) is 0 Å². The number of carbonyl (C=O) groups is 8. The van der Waals surface area contributed by atoms with Crippen molar-refractivity contribution in [3.63, 3.8) is 0 Å². The van der Waals surface area contributed by atoms with Gasteiger partial charge in [0.2, 0.25) is 23.6 Å². The highest BCUT2D eigenvalue weighted by Crippen LogP contribution is 2.08. The van der Waals surface area contributed by atoms with E-state index in [2.05, 4.69) is 39.9 Å². The Balaban J connectivity index is 0.00000120. The van der Waals surface area contributed by atoms with E-state index in [4.69, 9.17) is 28.4 Å². The zero-order chi connectivity index (χ0) is 59.2. The number of carbonyl (C=O) groups excluding carboxylic acids is 8. The van der Waals surface area contributed by atoms with Crippen LogP contribution < -0.4 is 26.6 Å². The van der Waals surface area contributed by atoms with Crippen molar-refractivity contribution in [3.05, 3.63) is 24.3 Å². The summed E-state index contributed by atoms with van der Waals surface area (Å²) in [5.74, 6) is -2.11. The maximum Gasteiger partial charge on any atom is 0.495 e. The van der Waals surface area contributed by atoms with Crippen LogP contribution in [0.3, 0.4) is 0 Å². The molecule has 0 atom stereocenters. The van der Waals surface area contributed by atoms with Crippen molar-refractivity contribution in [1.82, 2.24) is 36.4 Å². The number of hydrogen-bond donors (Lipinski definition) is 11. The first-order valence-corrected chi connectivity index (χ1v) is 31.9.